The van der Waals surface area contributed by atoms with E-state index in [1.807, 2.05) is 47.8 Å². The Morgan fingerprint density at radius 2 is 1.81 bits per heavy atom. The number of aromatic amines is 1. The van der Waals surface area contributed by atoms with Crippen LogP contribution < -0.4 is 10.5 Å². The van der Waals surface area contributed by atoms with Gasteiger partial charge < -0.3 is 9.88 Å². The van der Waals surface area contributed by atoms with Crippen LogP contribution in [0, 0.1) is 0 Å². The van der Waals surface area contributed by atoms with Gasteiger partial charge in [0, 0.05) is 21.0 Å². The predicted octanol–water partition coefficient (Wildman–Crippen LogP) is 3.63. The van der Waals surface area contributed by atoms with E-state index in [1.54, 1.807) is 0 Å². The van der Waals surface area contributed by atoms with Crippen molar-refractivity contribution in [2.24, 2.45) is 0 Å². The van der Waals surface area contributed by atoms with Crippen LogP contribution in [-0.4, -0.2) is 17.0 Å². The van der Waals surface area contributed by atoms with E-state index in [-0.39, 0.29) is 5.56 Å². The number of thiophene rings is 1. The number of hydrogen-bond donors (Lipinski definition) is 2. The third kappa shape index (κ3) is 4.03. The van der Waals surface area contributed by atoms with Crippen LogP contribution in [0.15, 0.2) is 69.2 Å². The van der Waals surface area contributed by atoms with Gasteiger partial charge in [-0.3, -0.25) is 4.79 Å². The summed E-state index contributed by atoms with van der Waals surface area (Å²) in [6.07, 6.45) is 0. The van der Waals surface area contributed by atoms with Crippen LogP contribution in [0.5, 0.6) is 0 Å². The maximum Gasteiger partial charge on any atom is 0.260 e. The largest absolute Gasteiger partial charge is 0.327 e. The number of quaternary nitrogens is 1. The highest BCUT2D eigenvalue weighted by molar-refractivity contribution is 9.10. The summed E-state index contributed by atoms with van der Waals surface area (Å²) >= 11 is 4.98. The number of aromatic nitrogens is 2. The highest BCUT2D eigenvalue weighted by Crippen LogP contribution is 2.30. The van der Waals surface area contributed by atoms with E-state index in [4.69, 9.17) is 4.98 Å². The Balaban J connectivity index is 1.58. The van der Waals surface area contributed by atoms with E-state index in [9.17, 15) is 4.79 Å². The molecule has 2 aromatic heterocycles. The molecule has 2 N–H and O–H groups in total. The summed E-state index contributed by atoms with van der Waals surface area (Å²) in [7, 11) is 2.11. The third-order valence-corrected chi connectivity index (χ3v) is 5.87. The van der Waals surface area contributed by atoms with Crippen molar-refractivity contribution in [2.45, 2.75) is 13.1 Å². The number of H-pyrrole nitrogens is 1. The Morgan fingerprint density at radius 3 is 2.56 bits per heavy atom. The van der Waals surface area contributed by atoms with Gasteiger partial charge in [0.05, 0.1) is 12.4 Å². The third-order valence-electron chi connectivity index (χ3n) is 4.47. The van der Waals surface area contributed by atoms with E-state index in [0.29, 0.717) is 11.9 Å². The van der Waals surface area contributed by atoms with Crippen LogP contribution in [0.4, 0.5) is 0 Å². The first-order valence-corrected chi connectivity index (χ1v) is 10.4. The average Bonchev–Trinajstić information content (AvgIpc) is 3.09. The van der Waals surface area contributed by atoms with Gasteiger partial charge in [-0.2, -0.15) is 0 Å². The first-order chi connectivity index (χ1) is 13.1. The van der Waals surface area contributed by atoms with Crippen LogP contribution in [0.3, 0.4) is 0 Å². The number of nitrogens with zero attached hydrogens (tertiary/aromatic N) is 1. The summed E-state index contributed by atoms with van der Waals surface area (Å²) in [5.74, 6) is 0.726. The molecule has 136 valence electrons. The zero-order valence-electron chi connectivity index (χ0n) is 14.8. The first kappa shape index (κ1) is 18.1. The lowest BCUT2D eigenvalue weighted by atomic mass is 10.1. The van der Waals surface area contributed by atoms with E-state index >= 15 is 0 Å². The molecule has 0 fully saturated rings. The lowest BCUT2D eigenvalue weighted by molar-refractivity contribution is -0.908. The fraction of sp³-hybridized carbons (Fsp3) is 0.143. The molecular formula is C21H19BrN3OS+. The quantitative estimate of drug-likeness (QED) is 0.497. The summed E-state index contributed by atoms with van der Waals surface area (Å²) in [6, 6.07) is 18.3. The first-order valence-electron chi connectivity index (χ1n) is 8.72. The fourth-order valence-corrected chi connectivity index (χ4v) is 4.44. The highest BCUT2D eigenvalue weighted by Gasteiger charge is 2.14. The van der Waals surface area contributed by atoms with Gasteiger partial charge in [0.2, 0.25) is 0 Å². The van der Waals surface area contributed by atoms with Gasteiger partial charge in [0.15, 0.2) is 5.82 Å². The monoisotopic (exact) mass is 440 g/mol. The number of hydrogen-bond acceptors (Lipinski definition) is 3. The minimum Gasteiger partial charge on any atom is -0.327 e. The molecule has 0 bridgehead atoms. The molecule has 0 aliphatic rings. The Morgan fingerprint density at radius 1 is 1.07 bits per heavy atom. The number of rotatable bonds is 5. The van der Waals surface area contributed by atoms with Crippen LogP contribution in [-0.2, 0) is 13.1 Å². The summed E-state index contributed by atoms with van der Waals surface area (Å²) < 4.78 is 1.08. The molecule has 2 heterocycles. The van der Waals surface area contributed by atoms with Crippen molar-refractivity contribution in [1.82, 2.24) is 9.97 Å². The molecule has 0 radical (unpaired) electrons. The summed E-state index contributed by atoms with van der Waals surface area (Å²) in [5.41, 5.74) is 3.18. The van der Waals surface area contributed by atoms with Crippen LogP contribution >= 0.6 is 27.3 Å². The maximum atomic E-state index is 12.7. The molecule has 1 unspecified atom stereocenters. The van der Waals surface area contributed by atoms with Crippen LogP contribution in [0.25, 0.3) is 21.3 Å². The zero-order chi connectivity index (χ0) is 18.8. The minimum atomic E-state index is -0.0634. The Labute approximate surface area is 169 Å². The van der Waals surface area contributed by atoms with Crippen molar-refractivity contribution < 1.29 is 4.90 Å². The molecule has 4 aromatic rings. The summed E-state index contributed by atoms with van der Waals surface area (Å²) in [4.78, 5) is 22.5. The highest BCUT2D eigenvalue weighted by atomic mass is 79.9. The second-order valence-electron chi connectivity index (χ2n) is 6.65. The van der Waals surface area contributed by atoms with Crippen molar-refractivity contribution >= 4 is 37.5 Å². The molecule has 0 saturated carbocycles. The molecule has 2 aromatic carbocycles. The Kier molecular flexibility index (Phi) is 5.20. The second kappa shape index (κ2) is 7.76. The van der Waals surface area contributed by atoms with Gasteiger partial charge in [-0.25, -0.2) is 4.98 Å². The van der Waals surface area contributed by atoms with Crippen molar-refractivity contribution in [1.29, 1.82) is 0 Å². The van der Waals surface area contributed by atoms with Crippen LogP contribution in [0.1, 0.15) is 11.4 Å². The standard InChI is InChI=1S/C21H18BrN3OS/c1-25(11-14-7-9-16(22)10-8-14)12-18-23-20(26)19-17(13-27-21(19)24-18)15-5-3-2-4-6-15/h2-10,13H,11-12H2,1H3,(H,23,24,26)/p+1. The van der Waals surface area contributed by atoms with Crippen molar-refractivity contribution in [3.8, 4) is 11.1 Å². The topological polar surface area (TPSA) is 50.2 Å². The van der Waals surface area contributed by atoms with Gasteiger partial charge in [0.25, 0.3) is 5.56 Å². The fourth-order valence-electron chi connectivity index (χ4n) is 3.21. The summed E-state index contributed by atoms with van der Waals surface area (Å²) in [6.45, 7) is 1.54. The number of benzene rings is 2. The van der Waals surface area contributed by atoms with E-state index < -0.39 is 0 Å². The predicted molar refractivity (Wildman–Crippen MR) is 114 cm³/mol. The lowest BCUT2D eigenvalue weighted by Gasteiger charge is -2.13. The van der Waals surface area contributed by atoms with E-state index in [2.05, 4.69) is 40.1 Å². The minimum absolute atomic E-state index is 0.0634. The molecule has 0 amide bonds. The molecule has 27 heavy (non-hydrogen) atoms. The van der Waals surface area contributed by atoms with Crippen molar-refractivity contribution in [2.75, 3.05) is 7.05 Å². The van der Waals surface area contributed by atoms with Crippen molar-refractivity contribution in [3.05, 3.63) is 86.2 Å². The van der Waals surface area contributed by atoms with E-state index in [1.165, 1.54) is 21.8 Å². The number of halogens is 1. The van der Waals surface area contributed by atoms with Gasteiger partial charge in [-0.1, -0.05) is 58.4 Å². The van der Waals surface area contributed by atoms with E-state index in [0.717, 1.165) is 32.8 Å². The molecule has 4 rings (SSSR count). The smallest absolute Gasteiger partial charge is 0.260 e. The van der Waals surface area contributed by atoms with Gasteiger partial charge in [0.1, 0.15) is 17.9 Å². The zero-order valence-corrected chi connectivity index (χ0v) is 17.2. The molecule has 0 spiro atoms. The molecule has 6 heteroatoms. The SMILES string of the molecule is C[NH+](Cc1ccc(Br)cc1)Cc1nc2scc(-c3ccccc3)c2c(=O)[nH]1. The maximum absolute atomic E-state index is 12.7. The normalized spacial score (nSPS) is 12.4. The Bertz CT molecular complexity index is 1120. The molecule has 4 nitrogen and oxygen atoms in total. The molecular weight excluding hydrogens is 422 g/mol. The van der Waals surface area contributed by atoms with Crippen LogP contribution in [0.2, 0.25) is 0 Å². The summed E-state index contributed by atoms with van der Waals surface area (Å²) in [5, 5.41) is 2.70. The average molecular weight is 441 g/mol. The molecule has 1 atom stereocenters. The molecule has 0 aliphatic heterocycles. The Hall–Kier alpha value is -2.28. The molecule has 0 aliphatic carbocycles. The lowest BCUT2D eigenvalue weighted by Crippen LogP contribution is -3.06. The van der Waals surface area contributed by atoms with Gasteiger partial charge in [-0.05, 0) is 17.7 Å². The number of nitrogens with one attached hydrogen (secondary N) is 2. The van der Waals surface area contributed by atoms with Gasteiger partial charge >= 0.3 is 0 Å². The molecule has 0 saturated heterocycles. The van der Waals surface area contributed by atoms with Crippen molar-refractivity contribution in [3.63, 3.8) is 0 Å². The van der Waals surface area contributed by atoms with Gasteiger partial charge in [-0.15, -0.1) is 11.3 Å². The number of fused-ring (bicyclic) bond motifs is 1. The second-order valence-corrected chi connectivity index (χ2v) is 8.42.